The molecule has 0 amide bonds. The quantitative estimate of drug-likeness (QED) is 0.488. The van der Waals surface area contributed by atoms with Crippen molar-refractivity contribution < 1.29 is 18.0 Å². The van der Waals surface area contributed by atoms with Crippen molar-refractivity contribution in [3.63, 3.8) is 0 Å². The summed E-state index contributed by atoms with van der Waals surface area (Å²) in [5, 5.41) is 0. The van der Waals surface area contributed by atoms with E-state index in [0.717, 1.165) is 6.04 Å². The third kappa shape index (κ3) is 3.53. The topological polar surface area (TPSA) is 40.2 Å². The predicted molar refractivity (Wildman–Crippen MR) is 64.4 cm³/mol. The van der Waals surface area contributed by atoms with Gasteiger partial charge < -0.3 is 18.0 Å². The van der Waals surface area contributed by atoms with Crippen molar-refractivity contribution >= 4 is 8.80 Å². The Morgan fingerprint density at radius 2 is 1.38 bits per heavy atom. The van der Waals surface area contributed by atoms with Gasteiger partial charge in [0.15, 0.2) is 0 Å². The standard InChI is InChI=1S/C11H24O4Si/c1-6-12-16(13-7-2,14-8-3)9-10-11(4,5)15-10/h10H,6-9H2,1-5H3. The van der Waals surface area contributed by atoms with E-state index in [-0.39, 0.29) is 11.7 Å². The molecule has 0 aromatic rings. The van der Waals surface area contributed by atoms with E-state index in [1.807, 2.05) is 20.8 Å². The Bertz CT molecular complexity index is 203. The van der Waals surface area contributed by atoms with Crippen LogP contribution in [-0.4, -0.2) is 40.3 Å². The van der Waals surface area contributed by atoms with Crippen LogP contribution in [0.5, 0.6) is 0 Å². The summed E-state index contributed by atoms with van der Waals surface area (Å²) >= 11 is 0. The van der Waals surface area contributed by atoms with Crippen LogP contribution >= 0.6 is 0 Å². The van der Waals surface area contributed by atoms with Crippen LogP contribution < -0.4 is 0 Å². The van der Waals surface area contributed by atoms with E-state index in [1.165, 1.54) is 0 Å². The van der Waals surface area contributed by atoms with Crippen LogP contribution in [0.25, 0.3) is 0 Å². The van der Waals surface area contributed by atoms with Crippen molar-refractivity contribution in [2.45, 2.75) is 52.4 Å². The Hall–Kier alpha value is 0.0569. The molecule has 96 valence electrons. The van der Waals surface area contributed by atoms with E-state index in [4.69, 9.17) is 18.0 Å². The first-order chi connectivity index (χ1) is 7.49. The second kappa shape index (κ2) is 5.60. The molecular formula is C11H24O4Si. The summed E-state index contributed by atoms with van der Waals surface area (Å²) in [5.41, 5.74) is -0.0381. The number of epoxide rings is 1. The SMILES string of the molecule is CCO[Si](CC1OC1(C)C)(OCC)OCC. The van der Waals surface area contributed by atoms with Crippen LogP contribution in [0.4, 0.5) is 0 Å². The zero-order valence-corrected chi connectivity index (χ0v) is 12.0. The summed E-state index contributed by atoms with van der Waals surface area (Å²) in [7, 11) is -2.51. The van der Waals surface area contributed by atoms with Crippen LogP contribution in [0.1, 0.15) is 34.6 Å². The monoisotopic (exact) mass is 248 g/mol. The first-order valence-electron chi connectivity index (χ1n) is 6.09. The Balaban J connectivity index is 2.59. The average molecular weight is 248 g/mol. The second-order valence-corrected chi connectivity index (χ2v) is 7.04. The minimum atomic E-state index is -2.51. The van der Waals surface area contributed by atoms with E-state index >= 15 is 0 Å². The van der Waals surface area contributed by atoms with Crippen molar-refractivity contribution in [2.75, 3.05) is 19.8 Å². The fourth-order valence-corrected chi connectivity index (χ4v) is 4.76. The third-order valence-electron chi connectivity index (χ3n) is 2.69. The lowest BCUT2D eigenvalue weighted by Crippen LogP contribution is -2.47. The summed E-state index contributed by atoms with van der Waals surface area (Å²) in [5.74, 6) is 0. The third-order valence-corrected chi connectivity index (χ3v) is 5.75. The predicted octanol–water partition coefficient (Wildman–Crippen LogP) is 2.21. The van der Waals surface area contributed by atoms with Crippen LogP contribution in [0.3, 0.4) is 0 Å². The molecule has 1 aliphatic rings. The van der Waals surface area contributed by atoms with E-state index in [1.54, 1.807) is 0 Å². The highest BCUT2D eigenvalue weighted by molar-refractivity contribution is 6.61. The molecule has 1 unspecified atom stereocenters. The smallest absolute Gasteiger partial charge is 0.374 e. The zero-order chi connectivity index (χ0) is 12.2. The first kappa shape index (κ1) is 14.1. The van der Waals surface area contributed by atoms with E-state index in [0.29, 0.717) is 19.8 Å². The van der Waals surface area contributed by atoms with Gasteiger partial charge in [-0.3, -0.25) is 0 Å². The molecular weight excluding hydrogens is 224 g/mol. The van der Waals surface area contributed by atoms with E-state index < -0.39 is 8.80 Å². The van der Waals surface area contributed by atoms with Gasteiger partial charge in [-0.25, -0.2) is 0 Å². The molecule has 0 saturated carbocycles. The number of hydrogen-bond acceptors (Lipinski definition) is 4. The molecule has 1 rings (SSSR count). The van der Waals surface area contributed by atoms with Crippen LogP contribution in [-0.2, 0) is 18.0 Å². The van der Waals surface area contributed by atoms with Crippen LogP contribution in [0, 0.1) is 0 Å². The maximum Gasteiger partial charge on any atom is 0.503 e. The van der Waals surface area contributed by atoms with Gasteiger partial charge in [-0.2, -0.15) is 0 Å². The molecule has 4 nitrogen and oxygen atoms in total. The Morgan fingerprint density at radius 1 is 1.00 bits per heavy atom. The van der Waals surface area contributed by atoms with Crippen molar-refractivity contribution in [1.82, 2.24) is 0 Å². The minimum absolute atomic E-state index is 0.0381. The van der Waals surface area contributed by atoms with Gasteiger partial charge in [-0.1, -0.05) is 0 Å². The second-order valence-electron chi connectivity index (χ2n) is 4.40. The zero-order valence-electron chi connectivity index (χ0n) is 11.0. The largest absolute Gasteiger partial charge is 0.503 e. The van der Waals surface area contributed by atoms with E-state index in [2.05, 4.69) is 13.8 Å². The first-order valence-corrected chi connectivity index (χ1v) is 8.02. The molecule has 1 aliphatic heterocycles. The van der Waals surface area contributed by atoms with Gasteiger partial charge in [0.2, 0.25) is 0 Å². The number of rotatable bonds is 8. The molecule has 0 spiro atoms. The lowest BCUT2D eigenvalue weighted by molar-refractivity contribution is 0.0693. The summed E-state index contributed by atoms with van der Waals surface area (Å²) in [6, 6.07) is 0.759. The van der Waals surface area contributed by atoms with Crippen molar-refractivity contribution in [3.05, 3.63) is 0 Å². The fraction of sp³-hybridized carbons (Fsp3) is 1.00. The molecule has 1 atom stereocenters. The summed E-state index contributed by atoms with van der Waals surface area (Å²) in [6.45, 7) is 12.0. The van der Waals surface area contributed by atoms with Gasteiger partial charge >= 0.3 is 8.80 Å². The van der Waals surface area contributed by atoms with Crippen LogP contribution in [0.2, 0.25) is 6.04 Å². The molecule has 0 bridgehead atoms. The lowest BCUT2D eigenvalue weighted by atomic mass is 10.2. The molecule has 1 saturated heterocycles. The highest BCUT2D eigenvalue weighted by Gasteiger charge is 2.56. The average Bonchev–Trinajstić information content (AvgIpc) is 2.74. The van der Waals surface area contributed by atoms with Crippen molar-refractivity contribution in [3.8, 4) is 0 Å². The fourth-order valence-electron chi connectivity index (χ4n) is 1.81. The molecule has 0 aromatic carbocycles. The summed E-state index contributed by atoms with van der Waals surface area (Å²) < 4.78 is 22.9. The molecule has 0 N–H and O–H groups in total. The van der Waals surface area contributed by atoms with Crippen molar-refractivity contribution in [1.29, 1.82) is 0 Å². The van der Waals surface area contributed by atoms with Gasteiger partial charge in [0.25, 0.3) is 0 Å². The Kier molecular flexibility index (Phi) is 4.94. The molecule has 0 aliphatic carbocycles. The normalized spacial score (nSPS) is 23.4. The van der Waals surface area contributed by atoms with E-state index in [9.17, 15) is 0 Å². The maximum absolute atomic E-state index is 5.77. The Morgan fingerprint density at radius 3 is 1.62 bits per heavy atom. The maximum atomic E-state index is 5.77. The minimum Gasteiger partial charge on any atom is -0.374 e. The summed E-state index contributed by atoms with van der Waals surface area (Å²) in [4.78, 5) is 0. The molecule has 0 radical (unpaired) electrons. The number of hydrogen-bond donors (Lipinski definition) is 0. The van der Waals surface area contributed by atoms with Crippen LogP contribution in [0.15, 0.2) is 0 Å². The molecule has 1 heterocycles. The van der Waals surface area contributed by atoms with Gasteiger partial charge in [0.05, 0.1) is 11.7 Å². The Labute approximate surface area is 99.6 Å². The lowest BCUT2D eigenvalue weighted by Gasteiger charge is -2.28. The van der Waals surface area contributed by atoms with Gasteiger partial charge in [-0.05, 0) is 34.6 Å². The van der Waals surface area contributed by atoms with Gasteiger partial charge in [0, 0.05) is 25.9 Å². The molecule has 16 heavy (non-hydrogen) atoms. The van der Waals surface area contributed by atoms with Gasteiger partial charge in [0.1, 0.15) is 0 Å². The summed E-state index contributed by atoms with van der Waals surface area (Å²) in [6.07, 6.45) is 0.212. The highest BCUT2D eigenvalue weighted by atomic mass is 28.4. The highest BCUT2D eigenvalue weighted by Crippen LogP contribution is 2.41. The molecule has 1 fully saturated rings. The van der Waals surface area contributed by atoms with Gasteiger partial charge in [-0.15, -0.1) is 0 Å². The molecule has 0 aromatic heterocycles. The number of ether oxygens (including phenoxy) is 1. The molecule has 5 heteroatoms. The van der Waals surface area contributed by atoms with Crippen molar-refractivity contribution in [2.24, 2.45) is 0 Å².